The second kappa shape index (κ2) is 6.38. The number of thiazole rings is 1. The Hall–Kier alpha value is -1.77. The Balaban J connectivity index is 1.82. The number of sulfonamides is 1. The predicted octanol–water partition coefficient (Wildman–Crippen LogP) is 2.55. The van der Waals surface area contributed by atoms with E-state index >= 15 is 0 Å². The van der Waals surface area contributed by atoms with Crippen LogP contribution in [0.5, 0.6) is 0 Å². The molecule has 0 aliphatic carbocycles. The topological polar surface area (TPSA) is 79.4 Å². The van der Waals surface area contributed by atoms with E-state index in [4.69, 9.17) is 0 Å². The highest BCUT2D eigenvalue weighted by Gasteiger charge is 2.26. The van der Waals surface area contributed by atoms with Gasteiger partial charge in [-0.3, -0.25) is 4.79 Å². The molecule has 3 rings (SSSR count). The molecule has 1 aromatic heterocycles. The number of amides is 1. The number of benzene rings is 1. The van der Waals surface area contributed by atoms with Crippen molar-refractivity contribution in [2.75, 3.05) is 18.4 Å². The molecule has 1 aliphatic heterocycles. The molecule has 122 valence electrons. The van der Waals surface area contributed by atoms with Crippen molar-refractivity contribution < 1.29 is 13.2 Å². The van der Waals surface area contributed by atoms with E-state index < -0.39 is 10.0 Å². The van der Waals surface area contributed by atoms with Crippen molar-refractivity contribution in [1.82, 2.24) is 9.29 Å². The van der Waals surface area contributed by atoms with Crippen LogP contribution in [-0.4, -0.2) is 36.7 Å². The first-order valence-corrected chi connectivity index (χ1v) is 9.62. The van der Waals surface area contributed by atoms with Crippen LogP contribution < -0.4 is 5.32 Å². The van der Waals surface area contributed by atoms with Crippen molar-refractivity contribution in [3.05, 3.63) is 29.6 Å². The normalized spacial score (nSPS) is 15.7. The van der Waals surface area contributed by atoms with E-state index in [1.807, 2.05) is 5.38 Å². The zero-order chi connectivity index (χ0) is 16.4. The van der Waals surface area contributed by atoms with Crippen molar-refractivity contribution in [2.24, 2.45) is 0 Å². The van der Waals surface area contributed by atoms with Gasteiger partial charge in [-0.15, -0.1) is 11.3 Å². The molecule has 23 heavy (non-hydrogen) atoms. The van der Waals surface area contributed by atoms with Crippen molar-refractivity contribution in [3.8, 4) is 11.3 Å². The van der Waals surface area contributed by atoms with Crippen LogP contribution in [0.15, 0.2) is 34.5 Å². The average Bonchev–Trinajstić information content (AvgIpc) is 3.18. The zero-order valence-electron chi connectivity index (χ0n) is 12.7. The number of hydrogen-bond acceptors (Lipinski definition) is 5. The molecule has 1 amide bonds. The number of aromatic nitrogens is 1. The second-order valence-corrected chi connectivity index (χ2v) is 8.15. The monoisotopic (exact) mass is 351 g/mol. The molecule has 6 nitrogen and oxygen atoms in total. The Morgan fingerprint density at radius 3 is 2.48 bits per heavy atom. The fourth-order valence-electron chi connectivity index (χ4n) is 2.49. The number of carbonyl (C=O) groups is 1. The Bertz CT molecular complexity index is 807. The van der Waals surface area contributed by atoms with Gasteiger partial charge in [-0.05, 0) is 25.0 Å². The molecule has 1 N–H and O–H groups in total. The van der Waals surface area contributed by atoms with Gasteiger partial charge in [0.1, 0.15) is 0 Å². The largest absolute Gasteiger partial charge is 0.302 e. The first-order chi connectivity index (χ1) is 11.0. The first kappa shape index (κ1) is 16.1. The smallest absolute Gasteiger partial charge is 0.243 e. The molecule has 0 atom stereocenters. The number of rotatable bonds is 4. The zero-order valence-corrected chi connectivity index (χ0v) is 14.3. The van der Waals surface area contributed by atoms with Gasteiger partial charge in [0.2, 0.25) is 15.9 Å². The summed E-state index contributed by atoms with van der Waals surface area (Å²) >= 11 is 1.33. The fraction of sp³-hybridized carbons (Fsp3) is 0.333. The third-order valence-electron chi connectivity index (χ3n) is 3.64. The van der Waals surface area contributed by atoms with Gasteiger partial charge in [-0.2, -0.15) is 4.31 Å². The molecular formula is C15H17N3O3S2. The molecule has 2 heterocycles. The minimum atomic E-state index is -3.39. The number of hydrogen-bond donors (Lipinski definition) is 1. The summed E-state index contributed by atoms with van der Waals surface area (Å²) in [6.07, 6.45) is 1.84. The van der Waals surface area contributed by atoms with E-state index in [0.29, 0.717) is 28.8 Å². The van der Waals surface area contributed by atoms with Gasteiger partial charge in [-0.25, -0.2) is 13.4 Å². The summed E-state index contributed by atoms with van der Waals surface area (Å²) in [5.74, 6) is -0.169. The van der Waals surface area contributed by atoms with Crippen LogP contribution in [0.2, 0.25) is 0 Å². The van der Waals surface area contributed by atoms with Gasteiger partial charge in [0.05, 0.1) is 10.6 Å². The molecule has 1 aliphatic rings. The van der Waals surface area contributed by atoms with Crippen LogP contribution in [0.1, 0.15) is 19.8 Å². The van der Waals surface area contributed by atoms with Crippen LogP contribution in [0.3, 0.4) is 0 Å². The van der Waals surface area contributed by atoms with Gasteiger partial charge in [0.25, 0.3) is 0 Å². The van der Waals surface area contributed by atoms with Crippen LogP contribution in [0.25, 0.3) is 11.3 Å². The van der Waals surface area contributed by atoms with E-state index in [1.54, 1.807) is 24.3 Å². The minimum absolute atomic E-state index is 0.169. The molecule has 0 radical (unpaired) electrons. The van der Waals surface area contributed by atoms with Gasteiger partial charge in [0.15, 0.2) is 5.13 Å². The lowest BCUT2D eigenvalue weighted by Gasteiger charge is -2.15. The maximum absolute atomic E-state index is 12.5. The molecule has 8 heteroatoms. The third-order valence-corrected chi connectivity index (χ3v) is 6.31. The Morgan fingerprint density at radius 1 is 1.22 bits per heavy atom. The molecule has 0 spiro atoms. The molecule has 0 saturated carbocycles. The highest BCUT2D eigenvalue weighted by molar-refractivity contribution is 7.89. The van der Waals surface area contributed by atoms with Crippen molar-refractivity contribution in [1.29, 1.82) is 0 Å². The fourth-order valence-corrected chi connectivity index (χ4v) is 4.77. The summed E-state index contributed by atoms with van der Waals surface area (Å²) < 4.78 is 26.5. The van der Waals surface area contributed by atoms with Gasteiger partial charge < -0.3 is 5.32 Å². The highest BCUT2D eigenvalue weighted by Crippen LogP contribution is 2.27. The van der Waals surface area contributed by atoms with E-state index in [1.165, 1.54) is 22.6 Å². The molecule has 0 unspecified atom stereocenters. The number of carbonyl (C=O) groups excluding carboxylic acids is 1. The van der Waals surface area contributed by atoms with Crippen LogP contribution in [-0.2, 0) is 14.8 Å². The average molecular weight is 351 g/mol. The predicted molar refractivity (Wildman–Crippen MR) is 89.8 cm³/mol. The lowest BCUT2D eigenvalue weighted by Crippen LogP contribution is -2.27. The standard InChI is InChI=1S/C15H17N3O3S2/c1-11(19)16-15-17-14(10-22-15)12-4-6-13(7-5-12)23(20,21)18-8-2-3-9-18/h4-7,10H,2-3,8-9H2,1H3,(H,16,17,19). The molecule has 1 saturated heterocycles. The summed E-state index contributed by atoms with van der Waals surface area (Å²) in [7, 11) is -3.39. The quantitative estimate of drug-likeness (QED) is 0.918. The van der Waals surface area contributed by atoms with Crippen LogP contribution >= 0.6 is 11.3 Å². The Kier molecular flexibility index (Phi) is 4.47. The molecule has 0 bridgehead atoms. The van der Waals surface area contributed by atoms with E-state index in [2.05, 4.69) is 10.3 Å². The number of nitrogens with one attached hydrogen (secondary N) is 1. The van der Waals surface area contributed by atoms with E-state index in [9.17, 15) is 13.2 Å². The highest BCUT2D eigenvalue weighted by atomic mass is 32.2. The van der Waals surface area contributed by atoms with Crippen molar-refractivity contribution >= 4 is 32.4 Å². The van der Waals surface area contributed by atoms with Crippen molar-refractivity contribution in [3.63, 3.8) is 0 Å². The first-order valence-electron chi connectivity index (χ1n) is 7.30. The van der Waals surface area contributed by atoms with Gasteiger partial charge in [-0.1, -0.05) is 12.1 Å². The summed E-state index contributed by atoms with van der Waals surface area (Å²) in [4.78, 5) is 15.6. The number of nitrogens with zero attached hydrogens (tertiary/aromatic N) is 2. The van der Waals surface area contributed by atoms with Crippen LogP contribution in [0.4, 0.5) is 5.13 Å². The molecule has 1 aromatic carbocycles. The third kappa shape index (κ3) is 3.44. The Morgan fingerprint density at radius 2 is 1.87 bits per heavy atom. The Labute approximate surface area is 139 Å². The van der Waals surface area contributed by atoms with Crippen molar-refractivity contribution in [2.45, 2.75) is 24.7 Å². The van der Waals surface area contributed by atoms with Crippen LogP contribution in [0, 0.1) is 0 Å². The lowest BCUT2D eigenvalue weighted by atomic mass is 10.2. The second-order valence-electron chi connectivity index (χ2n) is 5.35. The summed E-state index contributed by atoms with van der Waals surface area (Å²) in [6.45, 7) is 2.62. The number of anilines is 1. The molecule has 2 aromatic rings. The van der Waals surface area contributed by atoms with E-state index in [0.717, 1.165) is 18.4 Å². The lowest BCUT2D eigenvalue weighted by molar-refractivity contribution is -0.114. The molecule has 1 fully saturated rings. The maximum Gasteiger partial charge on any atom is 0.243 e. The summed E-state index contributed by atoms with van der Waals surface area (Å²) in [5, 5.41) is 4.99. The SMILES string of the molecule is CC(=O)Nc1nc(-c2ccc(S(=O)(=O)N3CCCC3)cc2)cs1. The maximum atomic E-state index is 12.5. The summed E-state index contributed by atoms with van der Waals surface area (Å²) in [6, 6.07) is 6.71. The molecular weight excluding hydrogens is 334 g/mol. The minimum Gasteiger partial charge on any atom is -0.302 e. The van der Waals surface area contributed by atoms with Gasteiger partial charge in [0, 0.05) is 31.0 Å². The summed E-state index contributed by atoms with van der Waals surface area (Å²) in [5.41, 5.74) is 1.53. The van der Waals surface area contributed by atoms with E-state index in [-0.39, 0.29) is 5.91 Å². The van der Waals surface area contributed by atoms with Gasteiger partial charge >= 0.3 is 0 Å².